The van der Waals surface area contributed by atoms with Crippen molar-refractivity contribution in [2.45, 2.75) is 32.1 Å². The van der Waals surface area contributed by atoms with E-state index in [1.165, 1.54) is 32.1 Å². The van der Waals surface area contributed by atoms with Crippen molar-refractivity contribution in [2.75, 3.05) is 11.9 Å². The third-order valence-electron chi connectivity index (χ3n) is 4.71. The summed E-state index contributed by atoms with van der Waals surface area (Å²) in [5.41, 5.74) is 1.36. The lowest BCUT2D eigenvalue weighted by atomic mass is 9.89. The highest BCUT2D eigenvalue weighted by Crippen LogP contribution is 2.32. The first-order valence-corrected chi connectivity index (χ1v) is 9.80. The number of anilines is 1. The van der Waals surface area contributed by atoms with Gasteiger partial charge < -0.3 is 10.1 Å². The van der Waals surface area contributed by atoms with Crippen molar-refractivity contribution < 1.29 is 4.74 Å². The van der Waals surface area contributed by atoms with Gasteiger partial charge in [-0.3, -0.25) is 0 Å². The van der Waals surface area contributed by atoms with E-state index in [0.717, 1.165) is 33.6 Å². The van der Waals surface area contributed by atoms with Gasteiger partial charge in [0.25, 0.3) is 0 Å². The number of ether oxygens (including phenoxy) is 1. The van der Waals surface area contributed by atoms with Crippen LogP contribution in [0.15, 0.2) is 36.5 Å². The Morgan fingerprint density at radius 3 is 2.77 bits per heavy atom. The van der Waals surface area contributed by atoms with E-state index in [4.69, 9.17) is 10.00 Å². The Balaban J connectivity index is 1.43. The van der Waals surface area contributed by atoms with Gasteiger partial charge in [0.2, 0.25) is 0 Å². The van der Waals surface area contributed by atoms with Crippen LogP contribution >= 0.6 is 11.3 Å². The second-order valence-electron chi connectivity index (χ2n) is 6.63. The first kappa shape index (κ1) is 16.8. The normalized spacial score (nSPS) is 14.9. The summed E-state index contributed by atoms with van der Waals surface area (Å²) in [7, 11) is 0. The highest BCUT2D eigenvalue weighted by molar-refractivity contribution is 7.22. The quantitative estimate of drug-likeness (QED) is 0.661. The standard InChI is InChI=1S/C20H20N4OS/c21-11-15-6-7-17(13-22-15)25-16-8-9-18-19(10-16)26-20(24-18)23-12-14-4-2-1-3-5-14/h6-10,13-14H,1-5,12H2,(H,23,24). The second kappa shape index (κ2) is 7.71. The van der Waals surface area contributed by atoms with Crippen LogP contribution in [0, 0.1) is 17.2 Å². The Bertz CT molecular complexity index is 923. The van der Waals surface area contributed by atoms with E-state index in [2.05, 4.69) is 15.3 Å². The molecule has 1 saturated carbocycles. The smallest absolute Gasteiger partial charge is 0.183 e. The molecule has 1 fully saturated rings. The molecule has 132 valence electrons. The largest absolute Gasteiger partial charge is 0.456 e. The minimum Gasteiger partial charge on any atom is -0.456 e. The third kappa shape index (κ3) is 3.94. The molecule has 2 aromatic heterocycles. The van der Waals surface area contributed by atoms with Crippen molar-refractivity contribution in [2.24, 2.45) is 5.92 Å². The molecule has 1 aliphatic carbocycles. The van der Waals surface area contributed by atoms with Crippen LogP contribution in [-0.4, -0.2) is 16.5 Å². The molecule has 1 N–H and O–H groups in total. The summed E-state index contributed by atoms with van der Waals surface area (Å²) in [6.07, 6.45) is 8.32. The van der Waals surface area contributed by atoms with Gasteiger partial charge in [-0.1, -0.05) is 30.6 Å². The molecule has 1 aliphatic rings. The van der Waals surface area contributed by atoms with Crippen molar-refractivity contribution >= 4 is 26.7 Å². The van der Waals surface area contributed by atoms with Gasteiger partial charge in [0, 0.05) is 12.6 Å². The molecule has 26 heavy (non-hydrogen) atoms. The van der Waals surface area contributed by atoms with Crippen molar-refractivity contribution in [3.63, 3.8) is 0 Å². The molecule has 0 amide bonds. The summed E-state index contributed by atoms with van der Waals surface area (Å²) in [5.74, 6) is 2.13. The highest BCUT2D eigenvalue weighted by atomic mass is 32.1. The fourth-order valence-corrected chi connectivity index (χ4v) is 4.21. The van der Waals surface area contributed by atoms with Gasteiger partial charge in [-0.25, -0.2) is 9.97 Å². The molecule has 0 spiro atoms. The Morgan fingerprint density at radius 1 is 1.15 bits per heavy atom. The molecule has 0 aliphatic heterocycles. The lowest BCUT2D eigenvalue weighted by molar-refractivity contribution is 0.373. The van der Waals surface area contributed by atoms with E-state index in [1.54, 1.807) is 29.7 Å². The second-order valence-corrected chi connectivity index (χ2v) is 7.66. The van der Waals surface area contributed by atoms with Crippen LogP contribution < -0.4 is 10.1 Å². The Morgan fingerprint density at radius 2 is 2.00 bits per heavy atom. The average Bonchev–Trinajstić information content (AvgIpc) is 3.10. The Hall–Kier alpha value is -2.65. The van der Waals surface area contributed by atoms with E-state index < -0.39 is 0 Å². The number of nitrogens with one attached hydrogen (secondary N) is 1. The van der Waals surface area contributed by atoms with Gasteiger partial charge in [0.05, 0.1) is 16.4 Å². The number of aromatic nitrogens is 2. The molecule has 6 heteroatoms. The van der Waals surface area contributed by atoms with Crippen LogP contribution in [0.2, 0.25) is 0 Å². The number of benzene rings is 1. The number of nitriles is 1. The fraction of sp³-hybridized carbons (Fsp3) is 0.350. The zero-order valence-electron chi connectivity index (χ0n) is 14.4. The maximum Gasteiger partial charge on any atom is 0.183 e. The topological polar surface area (TPSA) is 70.8 Å². The molecule has 0 saturated heterocycles. The third-order valence-corrected chi connectivity index (χ3v) is 5.69. The van der Waals surface area contributed by atoms with E-state index >= 15 is 0 Å². The van der Waals surface area contributed by atoms with Crippen molar-refractivity contribution in [3.8, 4) is 17.6 Å². The molecule has 0 bridgehead atoms. The molecule has 0 atom stereocenters. The molecule has 0 unspecified atom stereocenters. The summed E-state index contributed by atoms with van der Waals surface area (Å²) in [5, 5.41) is 13.3. The molecule has 1 aromatic carbocycles. The van der Waals surface area contributed by atoms with Gasteiger partial charge in [-0.15, -0.1) is 0 Å². The zero-order valence-corrected chi connectivity index (χ0v) is 15.3. The van der Waals surface area contributed by atoms with Crippen LogP contribution in [0.4, 0.5) is 5.13 Å². The van der Waals surface area contributed by atoms with Crippen molar-refractivity contribution in [3.05, 3.63) is 42.2 Å². The number of nitrogens with zero attached hydrogens (tertiary/aromatic N) is 3. The molecule has 3 aromatic rings. The number of thiazole rings is 1. The van der Waals surface area contributed by atoms with Crippen LogP contribution in [0.3, 0.4) is 0 Å². The van der Waals surface area contributed by atoms with Gasteiger partial charge in [-0.2, -0.15) is 5.26 Å². The summed E-state index contributed by atoms with van der Waals surface area (Å²) in [4.78, 5) is 8.69. The first-order chi connectivity index (χ1) is 12.8. The predicted molar refractivity (Wildman–Crippen MR) is 104 cm³/mol. The lowest BCUT2D eigenvalue weighted by Crippen LogP contribution is -2.16. The van der Waals surface area contributed by atoms with Crippen LogP contribution in [-0.2, 0) is 0 Å². The van der Waals surface area contributed by atoms with E-state index in [1.807, 2.05) is 24.3 Å². The summed E-state index contributed by atoms with van der Waals surface area (Å²) in [6, 6.07) is 11.3. The number of pyridine rings is 1. The maximum atomic E-state index is 8.80. The minimum absolute atomic E-state index is 0.379. The molecule has 0 radical (unpaired) electrons. The van der Waals surface area contributed by atoms with E-state index in [-0.39, 0.29) is 0 Å². The maximum absolute atomic E-state index is 8.80. The lowest BCUT2D eigenvalue weighted by Gasteiger charge is -2.21. The summed E-state index contributed by atoms with van der Waals surface area (Å²) in [6.45, 7) is 1.01. The molecular weight excluding hydrogens is 344 g/mol. The molecule has 4 rings (SSSR count). The van der Waals surface area contributed by atoms with E-state index in [0.29, 0.717) is 11.4 Å². The SMILES string of the molecule is N#Cc1ccc(Oc2ccc3nc(NCC4CCCCC4)sc3c2)cn1. The number of hydrogen-bond acceptors (Lipinski definition) is 6. The Labute approximate surface area is 156 Å². The Kier molecular flexibility index (Phi) is 4.98. The predicted octanol–water partition coefficient (Wildman–Crippen LogP) is 5.35. The van der Waals surface area contributed by atoms with Crippen molar-refractivity contribution in [1.29, 1.82) is 5.26 Å². The molecule has 5 nitrogen and oxygen atoms in total. The zero-order chi connectivity index (χ0) is 17.8. The summed E-state index contributed by atoms with van der Waals surface area (Å²) < 4.78 is 6.93. The van der Waals surface area contributed by atoms with Crippen LogP contribution in [0.1, 0.15) is 37.8 Å². The van der Waals surface area contributed by atoms with E-state index in [9.17, 15) is 0 Å². The number of fused-ring (bicyclic) bond motifs is 1. The average molecular weight is 364 g/mol. The van der Waals surface area contributed by atoms with Gasteiger partial charge in [0.1, 0.15) is 23.3 Å². The van der Waals surface area contributed by atoms with Crippen LogP contribution in [0.5, 0.6) is 11.5 Å². The van der Waals surface area contributed by atoms with Gasteiger partial charge >= 0.3 is 0 Å². The highest BCUT2D eigenvalue weighted by Gasteiger charge is 2.14. The molecule has 2 heterocycles. The minimum atomic E-state index is 0.379. The monoisotopic (exact) mass is 364 g/mol. The van der Waals surface area contributed by atoms with Crippen LogP contribution in [0.25, 0.3) is 10.2 Å². The fourth-order valence-electron chi connectivity index (χ4n) is 3.31. The number of rotatable bonds is 5. The molecular formula is C20H20N4OS. The number of hydrogen-bond donors (Lipinski definition) is 1. The van der Waals surface area contributed by atoms with Gasteiger partial charge in [-0.05, 0) is 43.0 Å². The van der Waals surface area contributed by atoms with Crippen molar-refractivity contribution in [1.82, 2.24) is 9.97 Å². The summed E-state index contributed by atoms with van der Waals surface area (Å²) >= 11 is 1.66. The first-order valence-electron chi connectivity index (χ1n) is 8.98. The van der Waals surface area contributed by atoms with Gasteiger partial charge in [0.15, 0.2) is 5.13 Å².